The number of esters is 1. The van der Waals surface area contributed by atoms with Gasteiger partial charge in [-0.05, 0) is 97.7 Å². The highest BCUT2D eigenvalue weighted by molar-refractivity contribution is 9.09. The Morgan fingerprint density at radius 1 is 1.07 bits per heavy atom. The second-order valence-corrected chi connectivity index (χ2v) is 15.1. The minimum Gasteiger partial charge on any atom is -0.462 e. The molecule has 1 amide bonds. The molecule has 40 heavy (non-hydrogen) atoms. The van der Waals surface area contributed by atoms with E-state index >= 15 is 0 Å². The van der Waals surface area contributed by atoms with Crippen molar-refractivity contribution >= 4 is 27.8 Å². The first-order valence-corrected chi connectivity index (χ1v) is 17.5. The lowest BCUT2D eigenvalue weighted by Crippen LogP contribution is -2.51. The van der Waals surface area contributed by atoms with Crippen LogP contribution in [0.3, 0.4) is 0 Å². The van der Waals surface area contributed by atoms with E-state index in [0.29, 0.717) is 25.2 Å². The third-order valence-corrected chi connectivity index (χ3v) is 12.2. The average molecular weight is 623 g/mol. The van der Waals surface area contributed by atoms with Crippen molar-refractivity contribution in [2.45, 2.75) is 118 Å². The molecule has 4 aliphatic carbocycles. The molecule has 4 aliphatic rings. The van der Waals surface area contributed by atoms with Crippen LogP contribution >= 0.6 is 15.9 Å². The Bertz CT molecular complexity index is 904. The largest absolute Gasteiger partial charge is 0.462 e. The third-order valence-electron chi connectivity index (χ3n) is 11.7. The summed E-state index contributed by atoms with van der Waals surface area (Å²) in [5.74, 6) is 4.67. The number of hydrogen-bond acceptors (Lipinski definition) is 4. The second kappa shape index (κ2) is 14.1. The highest BCUT2D eigenvalue weighted by Crippen LogP contribution is 2.67. The molecule has 0 spiro atoms. The van der Waals surface area contributed by atoms with E-state index in [1.54, 1.807) is 5.57 Å². The van der Waals surface area contributed by atoms with Crippen LogP contribution < -0.4 is 5.32 Å². The number of halogens is 1. The van der Waals surface area contributed by atoms with E-state index in [2.05, 4.69) is 61.9 Å². The van der Waals surface area contributed by atoms with E-state index < -0.39 is 0 Å². The van der Waals surface area contributed by atoms with Crippen molar-refractivity contribution in [3.8, 4) is 0 Å². The normalized spacial score (nSPS) is 35.8. The molecule has 0 heterocycles. The van der Waals surface area contributed by atoms with Gasteiger partial charge >= 0.3 is 5.97 Å². The van der Waals surface area contributed by atoms with Gasteiger partial charge in [0.1, 0.15) is 6.10 Å². The van der Waals surface area contributed by atoms with Crippen LogP contribution in [0.1, 0.15) is 112 Å². The van der Waals surface area contributed by atoms with Crippen LogP contribution in [0, 0.1) is 46.3 Å². The second-order valence-electron chi connectivity index (χ2n) is 14.5. The van der Waals surface area contributed by atoms with Gasteiger partial charge in [0.25, 0.3) is 0 Å². The Balaban J connectivity index is 1.30. The summed E-state index contributed by atoms with van der Waals surface area (Å²) in [6.45, 7) is 13.6. The number of carbonyl (C=O) groups excluding carboxylic acids is 2. The maximum atomic E-state index is 12.7. The molecule has 0 aromatic carbocycles. The Labute approximate surface area is 252 Å². The number of ether oxygens (including phenoxy) is 2. The van der Waals surface area contributed by atoms with Gasteiger partial charge in [-0.15, -0.1) is 0 Å². The van der Waals surface area contributed by atoms with Crippen LogP contribution in [-0.2, 0) is 19.1 Å². The van der Waals surface area contributed by atoms with Crippen LogP contribution in [0.2, 0.25) is 0 Å². The molecule has 3 fully saturated rings. The molecule has 0 bridgehead atoms. The first-order valence-electron chi connectivity index (χ1n) is 16.4. The Morgan fingerprint density at radius 3 is 2.62 bits per heavy atom. The fourth-order valence-corrected chi connectivity index (χ4v) is 9.85. The van der Waals surface area contributed by atoms with Crippen LogP contribution in [0.15, 0.2) is 11.6 Å². The molecule has 8 atom stereocenters. The zero-order valence-corrected chi connectivity index (χ0v) is 27.5. The van der Waals surface area contributed by atoms with Gasteiger partial charge < -0.3 is 14.8 Å². The summed E-state index contributed by atoms with van der Waals surface area (Å²) in [5.41, 5.74) is 2.31. The monoisotopic (exact) mass is 621 g/mol. The summed E-state index contributed by atoms with van der Waals surface area (Å²) in [7, 11) is 0. The van der Waals surface area contributed by atoms with Crippen LogP contribution in [0.25, 0.3) is 0 Å². The highest BCUT2D eigenvalue weighted by atomic mass is 79.9. The Morgan fingerprint density at radius 2 is 1.88 bits per heavy atom. The lowest BCUT2D eigenvalue weighted by Gasteiger charge is -2.58. The zero-order chi connectivity index (χ0) is 28.9. The summed E-state index contributed by atoms with van der Waals surface area (Å²) < 4.78 is 11.6. The van der Waals surface area contributed by atoms with Crippen molar-refractivity contribution in [3.05, 3.63) is 11.6 Å². The predicted molar refractivity (Wildman–Crippen MR) is 165 cm³/mol. The summed E-state index contributed by atoms with van der Waals surface area (Å²) in [5, 5.41) is 3.03. The smallest absolute Gasteiger partial charge is 0.308 e. The Kier molecular flexibility index (Phi) is 11.3. The topological polar surface area (TPSA) is 64.6 Å². The molecule has 1 N–H and O–H groups in total. The summed E-state index contributed by atoms with van der Waals surface area (Å²) in [6.07, 6.45) is 16.8. The molecule has 3 saturated carbocycles. The average Bonchev–Trinajstić information content (AvgIpc) is 3.27. The van der Waals surface area contributed by atoms with Gasteiger partial charge in [-0.1, -0.05) is 81.5 Å². The molecule has 0 aromatic heterocycles. The SMILES string of the molecule is CC(C)CCCC(C)C1CCC2C3CC=C4CCC(OC(=O)CCOCCNC(=O)CBr)CC4(C)C3CCC12C. The number of amides is 1. The molecule has 0 saturated heterocycles. The third kappa shape index (κ3) is 7.18. The molecule has 8 unspecified atom stereocenters. The minimum absolute atomic E-state index is 0.0113. The summed E-state index contributed by atoms with van der Waals surface area (Å²) in [6, 6.07) is 0. The van der Waals surface area contributed by atoms with E-state index in [9.17, 15) is 9.59 Å². The number of rotatable bonds is 13. The fourth-order valence-electron chi connectivity index (χ4n) is 9.66. The van der Waals surface area contributed by atoms with Crippen molar-refractivity contribution in [1.82, 2.24) is 5.32 Å². The first kappa shape index (κ1) is 32.0. The quantitative estimate of drug-likeness (QED) is 0.0984. The number of alkyl halides is 1. The molecule has 0 radical (unpaired) electrons. The molecule has 0 aromatic rings. The molecule has 4 rings (SSSR count). The number of allylic oxidation sites excluding steroid dienone is 2. The van der Waals surface area contributed by atoms with Crippen molar-refractivity contribution < 1.29 is 19.1 Å². The van der Waals surface area contributed by atoms with E-state index in [-0.39, 0.29) is 35.1 Å². The molecule has 228 valence electrons. The summed E-state index contributed by atoms with van der Waals surface area (Å²) >= 11 is 3.12. The first-order chi connectivity index (χ1) is 19.1. The number of carbonyl (C=O) groups is 2. The predicted octanol–water partition coefficient (Wildman–Crippen LogP) is 7.86. The molecule has 0 aliphatic heterocycles. The van der Waals surface area contributed by atoms with Crippen molar-refractivity contribution in [1.29, 1.82) is 0 Å². The lowest BCUT2D eigenvalue weighted by molar-refractivity contribution is -0.154. The Hall–Kier alpha value is -0.880. The molecular weight excluding hydrogens is 566 g/mol. The fraction of sp³-hybridized carbons (Fsp3) is 0.882. The van der Waals surface area contributed by atoms with Gasteiger partial charge in [0.05, 0.1) is 25.0 Å². The van der Waals surface area contributed by atoms with Gasteiger partial charge in [-0.3, -0.25) is 9.59 Å². The van der Waals surface area contributed by atoms with E-state index in [4.69, 9.17) is 9.47 Å². The van der Waals surface area contributed by atoms with Gasteiger partial charge in [0.2, 0.25) is 5.91 Å². The molecule has 6 heteroatoms. The molecule has 5 nitrogen and oxygen atoms in total. The van der Waals surface area contributed by atoms with Crippen molar-refractivity contribution in [2.75, 3.05) is 25.1 Å². The number of fused-ring (bicyclic) bond motifs is 5. The van der Waals surface area contributed by atoms with Gasteiger partial charge in [0.15, 0.2) is 0 Å². The highest BCUT2D eigenvalue weighted by Gasteiger charge is 2.59. The van der Waals surface area contributed by atoms with E-state index in [1.165, 1.54) is 51.4 Å². The van der Waals surface area contributed by atoms with Gasteiger partial charge in [-0.2, -0.15) is 0 Å². The van der Waals surface area contributed by atoms with E-state index in [1.807, 2.05) is 0 Å². The standard InChI is InChI=1S/C34H56BrNO4/c1-23(2)7-6-8-24(3)28-13-14-29-27-12-10-25-9-11-26(21-34(25,5)30(27)15-17-33(28,29)4)40-32(38)16-19-39-20-18-36-31(37)22-35/h10,23-24,26-30H,6-9,11-22H2,1-5H3,(H,36,37). The maximum absolute atomic E-state index is 12.7. The lowest BCUT2D eigenvalue weighted by atomic mass is 9.47. The van der Waals surface area contributed by atoms with Crippen molar-refractivity contribution in [2.24, 2.45) is 46.3 Å². The molecular formula is C34H56BrNO4. The van der Waals surface area contributed by atoms with Gasteiger partial charge in [-0.25, -0.2) is 0 Å². The number of nitrogens with one attached hydrogen (secondary N) is 1. The zero-order valence-electron chi connectivity index (χ0n) is 25.9. The summed E-state index contributed by atoms with van der Waals surface area (Å²) in [4.78, 5) is 23.9. The van der Waals surface area contributed by atoms with Crippen LogP contribution in [0.4, 0.5) is 0 Å². The number of hydrogen-bond donors (Lipinski definition) is 1. The minimum atomic E-state index is -0.154. The van der Waals surface area contributed by atoms with E-state index in [0.717, 1.165) is 54.8 Å². The van der Waals surface area contributed by atoms with Crippen molar-refractivity contribution in [3.63, 3.8) is 0 Å². The maximum Gasteiger partial charge on any atom is 0.308 e. The van der Waals surface area contributed by atoms with Gasteiger partial charge in [0, 0.05) is 6.54 Å². The van der Waals surface area contributed by atoms with Crippen LogP contribution in [0.5, 0.6) is 0 Å². The van der Waals surface area contributed by atoms with Crippen LogP contribution in [-0.4, -0.2) is 43.1 Å².